The second-order valence-corrected chi connectivity index (χ2v) is 10.5. The van der Waals surface area contributed by atoms with Crippen LogP contribution in [0.2, 0.25) is 0 Å². The number of benzene rings is 4. The molecule has 0 saturated carbocycles. The molecule has 9 heteroatoms. The zero-order chi connectivity index (χ0) is 30.2. The first-order chi connectivity index (χ1) is 20.9. The number of nitrogens with zero attached hydrogens (tertiary/aromatic N) is 2. The molecule has 4 aromatic carbocycles. The normalized spacial score (nSPS) is 13.4. The van der Waals surface area contributed by atoms with Gasteiger partial charge in [0.2, 0.25) is 0 Å². The minimum absolute atomic E-state index is 0.234. The summed E-state index contributed by atoms with van der Waals surface area (Å²) in [7, 11) is 1.58. The summed E-state index contributed by atoms with van der Waals surface area (Å²) in [6.45, 7) is 4.64. The van der Waals surface area contributed by atoms with E-state index in [2.05, 4.69) is 20.4 Å². The molecule has 0 aliphatic carbocycles. The molecule has 43 heavy (non-hydrogen) atoms. The third-order valence-electron chi connectivity index (χ3n) is 7.64. The first-order valence-electron chi connectivity index (χ1n) is 14.3. The summed E-state index contributed by atoms with van der Waals surface area (Å²) >= 11 is 0. The van der Waals surface area contributed by atoms with Crippen LogP contribution in [0.4, 0.5) is 15.8 Å². The van der Waals surface area contributed by atoms with E-state index in [1.807, 2.05) is 30.3 Å². The number of carbonyl (C=O) groups excluding carboxylic acids is 2. The van der Waals surface area contributed by atoms with E-state index in [4.69, 9.17) is 10.5 Å². The van der Waals surface area contributed by atoms with Crippen LogP contribution in [-0.2, 0) is 19.6 Å². The number of methoxy groups -OCH3 is 1. The van der Waals surface area contributed by atoms with Gasteiger partial charge in [-0.15, -0.1) is 0 Å². The number of piperazine rings is 1. The molecule has 5 rings (SSSR count). The molecule has 222 valence electrons. The van der Waals surface area contributed by atoms with E-state index in [1.165, 1.54) is 12.1 Å². The molecule has 2 amide bonds. The molecule has 0 aromatic heterocycles. The van der Waals surface area contributed by atoms with E-state index in [1.54, 1.807) is 55.6 Å². The summed E-state index contributed by atoms with van der Waals surface area (Å²) in [5.74, 6) is -0.0943. The van der Waals surface area contributed by atoms with E-state index in [9.17, 15) is 14.0 Å². The maximum Gasteiger partial charge on any atom is 0.255 e. The summed E-state index contributed by atoms with van der Waals surface area (Å²) in [6, 6.07) is 26.7. The van der Waals surface area contributed by atoms with Crippen LogP contribution in [0.1, 0.15) is 37.4 Å². The lowest BCUT2D eigenvalue weighted by atomic mass is 10.1. The number of ether oxygens (including phenoxy) is 1. The van der Waals surface area contributed by atoms with E-state index in [-0.39, 0.29) is 17.6 Å². The number of rotatable bonds is 10. The Morgan fingerprint density at radius 1 is 0.814 bits per heavy atom. The van der Waals surface area contributed by atoms with Gasteiger partial charge in [-0.25, -0.2) is 4.39 Å². The molecule has 1 heterocycles. The number of hydrogen-bond donors (Lipinski definition) is 3. The van der Waals surface area contributed by atoms with Gasteiger partial charge in [0.25, 0.3) is 11.8 Å². The first-order valence-corrected chi connectivity index (χ1v) is 14.3. The van der Waals surface area contributed by atoms with Gasteiger partial charge < -0.3 is 26.0 Å². The summed E-state index contributed by atoms with van der Waals surface area (Å²) in [4.78, 5) is 30.9. The minimum Gasteiger partial charge on any atom is -0.497 e. The van der Waals surface area contributed by atoms with Crippen LogP contribution in [0.15, 0.2) is 91.0 Å². The second-order valence-electron chi connectivity index (χ2n) is 10.5. The second kappa shape index (κ2) is 14.0. The minimum atomic E-state index is -0.275. The van der Waals surface area contributed by atoms with Gasteiger partial charge in [0.05, 0.1) is 7.11 Å². The molecule has 0 radical (unpaired) electrons. The average molecular weight is 582 g/mol. The van der Waals surface area contributed by atoms with Crippen LogP contribution in [0, 0.1) is 5.82 Å². The van der Waals surface area contributed by atoms with Crippen LogP contribution in [0.5, 0.6) is 5.75 Å². The molecular formula is C34H36FN5O3. The molecule has 1 aliphatic heterocycles. The zero-order valence-electron chi connectivity index (χ0n) is 24.2. The predicted molar refractivity (Wildman–Crippen MR) is 167 cm³/mol. The van der Waals surface area contributed by atoms with Gasteiger partial charge in [0.1, 0.15) is 11.6 Å². The third-order valence-corrected chi connectivity index (χ3v) is 7.64. The quantitative estimate of drug-likeness (QED) is 0.249. The van der Waals surface area contributed by atoms with E-state index < -0.39 is 0 Å². The van der Waals surface area contributed by atoms with Crippen molar-refractivity contribution in [1.29, 1.82) is 0 Å². The Bertz CT molecular complexity index is 1530. The van der Waals surface area contributed by atoms with Crippen molar-refractivity contribution in [1.82, 2.24) is 10.2 Å². The van der Waals surface area contributed by atoms with Gasteiger partial charge in [-0.2, -0.15) is 0 Å². The Balaban J connectivity index is 1.30. The van der Waals surface area contributed by atoms with E-state index >= 15 is 0 Å². The fourth-order valence-corrected chi connectivity index (χ4v) is 5.04. The molecule has 1 saturated heterocycles. The molecule has 0 spiro atoms. The number of anilines is 2. The van der Waals surface area contributed by atoms with Crippen LogP contribution >= 0.6 is 0 Å². The topological polar surface area (TPSA) is 99.9 Å². The van der Waals surface area contributed by atoms with E-state index in [0.29, 0.717) is 42.2 Å². The van der Waals surface area contributed by atoms with Gasteiger partial charge in [-0.05, 0) is 77.4 Å². The predicted octanol–water partition coefficient (Wildman–Crippen LogP) is 4.80. The lowest BCUT2D eigenvalue weighted by molar-refractivity contribution is 0.0949. The Hall–Kier alpha value is -4.73. The number of carbonyl (C=O) groups is 2. The van der Waals surface area contributed by atoms with Crippen LogP contribution < -0.4 is 26.0 Å². The van der Waals surface area contributed by atoms with Crippen LogP contribution in [0.25, 0.3) is 0 Å². The van der Waals surface area contributed by atoms with Crippen LogP contribution in [-0.4, -0.2) is 50.0 Å². The smallest absolute Gasteiger partial charge is 0.255 e. The summed E-state index contributed by atoms with van der Waals surface area (Å²) in [6.07, 6.45) is 0. The molecule has 0 unspecified atom stereocenters. The highest BCUT2D eigenvalue weighted by atomic mass is 19.1. The highest BCUT2D eigenvalue weighted by Gasteiger charge is 2.20. The monoisotopic (exact) mass is 581 g/mol. The van der Waals surface area contributed by atoms with Crippen molar-refractivity contribution in [3.8, 4) is 5.75 Å². The number of amides is 2. The molecule has 4 N–H and O–H groups in total. The lowest BCUT2D eigenvalue weighted by Gasteiger charge is -2.36. The molecule has 0 bridgehead atoms. The largest absolute Gasteiger partial charge is 0.497 e. The van der Waals surface area contributed by atoms with Gasteiger partial charge in [0.15, 0.2) is 0 Å². The summed E-state index contributed by atoms with van der Waals surface area (Å²) < 4.78 is 18.6. The fourth-order valence-electron chi connectivity index (χ4n) is 5.04. The van der Waals surface area contributed by atoms with Crippen molar-refractivity contribution < 1.29 is 18.7 Å². The van der Waals surface area contributed by atoms with E-state index in [0.717, 1.165) is 48.6 Å². The Morgan fingerprint density at radius 3 is 2.12 bits per heavy atom. The van der Waals surface area contributed by atoms with Crippen molar-refractivity contribution in [2.24, 2.45) is 5.73 Å². The van der Waals surface area contributed by atoms with Gasteiger partial charge >= 0.3 is 0 Å². The third kappa shape index (κ3) is 7.77. The lowest BCUT2D eigenvalue weighted by Crippen LogP contribution is -2.46. The molecule has 1 aliphatic rings. The van der Waals surface area contributed by atoms with Crippen molar-refractivity contribution in [2.75, 3.05) is 43.5 Å². The number of hydrogen-bond acceptors (Lipinski definition) is 6. The average Bonchev–Trinajstić information content (AvgIpc) is 3.05. The number of nitrogens with one attached hydrogen (secondary N) is 2. The van der Waals surface area contributed by atoms with Crippen molar-refractivity contribution >= 4 is 23.2 Å². The molecule has 8 nitrogen and oxygen atoms in total. The highest BCUT2D eigenvalue weighted by molar-refractivity contribution is 6.05. The van der Waals surface area contributed by atoms with Crippen molar-refractivity contribution in [2.45, 2.75) is 19.6 Å². The number of nitrogens with two attached hydrogens (primary N) is 1. The zero-order valence-corrected chi connectivity index (χ0v) is 24.2. The Morgan fingerprint density at radius 2 is 1.47 bits per heavy atom. The fraction of sp³-hybridized carbons (Fsp3) is 0.235. The Kier molecular flexibility index (Phi) is 9.66. The summed E-state index contributed by atoms with van der Waals surface area (Å²) in [5, 5.41) is 6.00. The van der Waals surface area contributed by atoms with Gasteiger partial charge in [0, 0.05) is 68.3 Å². The Labute approximate surface area is 251 Å². The first kappa shape index (κ1) is 29.8. The molecule has 4 aromatic rings. The van der Waals surface area contributed by atoms with Gasteiger partial charge in [-0.3, -0.25) is 14.5 Å². The maximum atomic E-state index is 13.4. The van der Waals surface area contributed by atoms with Crippen molar-refractivity contribution in [3.05, 3.63) is 125 Å². The maximum absolute atomic E-state index is 13.4. The SMILES string of the molecule is COc1ccc(C(=O)Nc2cc(C(=O)NCc3ccc(CN)cc3)ccc2CN2CCN(c3ccc(F)cc3)CC2)cc1. The summed E-state index contributed by atoms with van der Waals surface area (Å²) in [5.41, 5.74) is 11.1. The molecule has 1 fully saturated rings. The molecule has 0 atom stereocenters. The number of halogens is 1. The van der Waals surface area contributed by atoms with Crippen LogP contribution in [0.3, 0.4) is 0 Å². The standard InChI is InChI=1S/C34H36FN5O3/c1-43-31-14-8-26(9-15-31)34(42)38-32-20-27(33(41)37-22-25-4-2-24(21-36)3-5-25)6-7-28(32)23-39-16-18-40(19-17-39)30-12-10-29(35)11-13-30/h2-15,20H,16-19,21-23,36H2,1H3,(H,37,41)(H,38,42). The van der Waals surface area contributed by atoms with Crippen molar-refractivity contribution in [3.63, 3.8) is 0 Å². The highest BCUT2D eigenvalue weighted by Crippen LogP contribution is 2.24. The molecular weight excluding hydrogens is 545 g/mol. The van der Waals surface area contributed by atoms with Gasteiger partial charge in [-0.1, -0.05) is 30.3 Å².